The van der Waals surface area contributed by atoms with Crippen LogP contribution in [0.4, 0.5) is 0 Å². The normalized spacial score (nSPS) is 10.5. The molecule has 0 fully saturated rings. The first kappa shape index (κ1) is 14.3. The van der Waals surface area contributed by atoms with E-state index in [1.807, 2.05) is 12.1 Å². The first-order chi connectivity index (χ1) is 8.30. The Morgan fingerprint density at radius 2 is 2.00 bits per heavy atom. The Kier molecular flexibility index (Phi) is 6.97. The number of ether oxygens (including phenoxy) is 2. The van der Waals surface area contributed by atoms with Crippen molar-refractivity contribution < 1.29 is 9.47 Å². The van der Waals surface area contributed by atoms with Crippen LogP contribution in [0.25, 0.3) is 0 Å². The van der Waals surface area contributed by atoms with Gasteiger partial charge in [-0.1, -0.05) is 13.8 Å². The molecule has 1 aromatic rings. The zero-order chi connectivity index (χ0) is 12.5. The Morgan fingerprint density at radius 3 is 2.65 bits per heavy atom. The number of alkyl halides is 1. The minimum Gasteiger partial charge on any atom is -0.475 e. The Labute approximate surface area is 108 Å². The third-order valence-corrected chi connectivity index (χ3v) is 2.57. The molecule has 1 aromatic heterocycles. The summed E-state index contributed by atoms with van der Waals surface area (Å²) in [6.45, 7) is 6.05. The minimum atomic E-state index is 0.484. The molecule has 0 spiro atoms. The fourth-order valence-corrected chi connectivity index (χ4v) is 1.56. The van der Waals surface area contributed by atoms with Crippen LogP contribution in [0.2, 0.25) is 0 Å². The van der Waals surface area contributed by atoms with Gasteiger partial charge in [-0.05, 0) is 24.5 Å². The van der Waals surface area contributed by atoms with Gasteiger partial charge < -0.3 is 9.47 Å². The van der Waals surface area contributed by atoms with Gasteiger partial charge in [0.05, 0.1) is 6.61 Å². The highest BCUT2D eigenvalue weighted by Gasteiger charge is 2.02. The van der Waals surface area contributed by atoms with Crippen molar-refractivity contribution in [3.8, 4) is 5.88 Å². The summed E-state index contributed by atoms with van der Waals surface area (Å²) in [6.07, 6.45) is 1.91. The molecule has 0 N–H and O–H groups in total. The van der Waals surface area contributed by atoms with Gasteiger partial charge in [-0.15, -0.1) is 11.6 Å². The van der Waals surface area contributed by atoms with Crippen LogP contribution in [0.1, 0.15) is 31.5 Å². The molecule has 1 rings (SSSR count). The fourth-order valence-electron chi connectivity index (χ4n) is 1.40. The molecule has 0 aliphatic rings. The van der Waals surface area contributed by atoms with Gasteiger partial charge in [-0.25, -0.2) is 4.98 Å². The molecule has 0 saturated carbocycles. The van der Waals surface area contributed by atoms with Gasteiger partial charge in [-0.2, -0.15) is 0 Å². The number of aromatic nitrogens is 1. The number of hydrogen-bond donors (Lipinski definition) is 0. The van der Waals surface area contributed by atoms with Gasteiger partial charge in [0.1, 0.15) is 6.61 Å². The lowest BCUT2D eigenvalue weighted by atomic mass is 10.2. The number of halogens is 1. The molecular formula is C13H20ClNO2. The number of aryl methyl sites for hydroxylation is 1. The van der Waals surface area contributed by atoms with Gasteiger partial charge in [0.25, 0.3) is 0 Å². The van der Waals surface area contributed by atoms with Crippen LogP contribution < -0.4 is 4.74 Å². The van der Waals surface area contributed by atoms with Gasteiger partial charge in [0.2, 0.25) is 5.88 Å². The fraction of sp³-hybridized carbons (Fsp3) is 0.615. The second kappa shape index (κ2) is 8.31. The highest BCUT2D eigenvalue weighted by Crippen LogP contribution is 2.15. The average Bonchev–Trinajstić information content (AvgIpc) is 2.38. The Morgan fingerprint density at radius 1 is 1.18 bits per heavy atom. The average molecular weight is 258 g/mol. The van der Waals surface area contributed by atoms with E-state index >= 15 is 0 Å². The molecule has 3 nitrogen and oxygen atoms in total. The van der Waals surface area contributed by atoms with E-state index in [4.69, 9.17) is 21.1 Å². The van der Waals surface area contributed by atoms with Crippen molar-refractivity contribution in [3.63, 3.8) is 0 Å². The molecule has 0 aromatic carbocycles. The number of hydrogen-bond acceptors (Lipinski definition) is 3. The molecule has 0 aliphatic carbocycles. The smallest absolute Gasteiger partial charge is 0.213 e. The quantitative estimate of drug-likeness (QED) is 0.529. The van der Waals surface area contributed by atoms with Crippen LogP contribution >= 0.6 is 11.6 Å². The first-order valence-electron chi connectivity index (χ1n) is 6.06. The first-order valence-corrected chi connectivity index (χ1v) is 6.60. The molecule has 0 atom stereocenters. The van der Waals surface area contributed by atoms with Crippen molar-refractivity contribution in [2.24, 2.45) is 0 Å². The molecule has 0 bridgehead atoms. The van der Waals surface area contributed by atoms with Crippen molar-refractivity contribution in [2.75, 3.05) is 19.8 Å². The molecule has 0 aliphatic heterocycles. The molecule has 0 amide bonds. The molecule has 4 heteroatoms. The third-order valence-electron chi connectivity index (χ3n) is 2.26. The van der Waals surface area contributed by atoms with Crippen LogP contribution in [-0.2, 0) is 17.0 Å². The lowest BCUT2D eigenvalue weighted by Crippen LogP contribution is -2.08. The van der Waals surface area contributed by atoms with Crippen molar-refractivity contribution in [1.29, 1.82) is 0 Å². The van der Waals surface area contributed by atoms with E-state index in [2.05, 4.69) is 18.8 Å². The molecular weight excluding hydrogens is 238 g/mol. The zero-order valence-electron chi connectivity index (χ0n) is 10.5. The van der Waals surface area contributed by atoms with E-state index in [1.165, 1.54) is 0 Å². The van der Waals surface area contributed by atoms with Gasteiger partial charge in [-0.3, -0.25) is 0 Å². The lowest BCUT2D eigenvalue weighted by molar-refractivity contribution is 0.0989. The van der Waals surface area contributed by atoms with E-state index in [-0.39, 0.29) is 0 Å². The Balaban J connectivity index is 2.46. The van der Waals surface area contributed by atoms with Crippen molar-refractivity contribution in [2.45, 2.75) is 32.6 Å². The van der Waals surface area contributed by atoms with E-state index in [9.17, 15) is 0 Å². The molecule has 0 unspecified atom stereocenters. The maximum atomic E-state index is 5.82. The van der Waals surface area contributed by atoms with Crippen LogP contribution in [0.15, 0.2) is 12.1 Å². The van der Waals surface area contributed by atoms with E-state index in [0.29, 0.717) is 25.0 Å². The van der Waals surface area contributed by atoms with Crippen LogP contribution in [0.5, 0.6) is 5.88 Å². The monoisotopic (exact) mass is 257 g/mol. The minimum absolute atomic E-state index is 0.484. The maximum Gasteiger partial charge on any atom is 0.213 e. The number of pyridine rings is 1. The lowest BCUT2D eigenvalue weighted by Gasteiger charge is -2.08. The topological polar surface area (TPSA) is 31.4 Å². The summed E-state index contributed by atoms with van der Waals surface area (Å²) in [6, 6.07) is 3.89. The predicted octanol–water partition coefficient (Wildman–Crippen LogP) is 3.19. The largest absolute Gasteiger partial charge is 0.475 e. The second-order valence-corrected chi connectivity index (χ2v) is 4.02. The highest BCUT2D eigenvalue weighted by atomic mass is 35.5. The highest BCUT2D eigenvalue weighted by molar-refractivity contribution is 6.17. The summed E-state index contributed by atoms with van der Waals surface area (Å²) in [4.78, 5) is 4.38. The molecule has 1 heterocycles. The van der Waals surface area contributed by atoms with Gasteiger partial charge >= 0.3 is 0 Å². The second-order valence-electron chi connectivity index (χ2n) is 3.75. The van der Waals surface area contributed by atoms with Crippen LogP contribution in [0, 0.1) is 0 Å². The maximum absolute atomic E-state index is 5.82. The third kappa shape index (κ3) is 5.37. The molecule has 0 radical (unpaired) electrons. The summed E-state index contributed by atoms with van der Waals surface area (Å²) in [7, 11) is 0. The van der Waals surface area contributed by atoms with E-state index < -0.39 is 0 Å². The number of nitrogens with zero attached hydrogens (tertiary/aromatic N) is 1. The van der Waals surface area contributed by atoms with E-state index in [1.54, 1.807) is 0 Å². The van der Waals surface area contributed by atoms with Gasteiger partial charge in [0, 0.05) is 24.2 Å². The zero-order valence-corrected chi connectivity index (χ0v) is 11.3. The van der Waals surface area contributed by atoms with Gasteiger partial charge in [0.15, 0.2) is 0 Å². The molecule has 96 valence electrons. The van der Waals surface area contributed by atoms with E-state index in [0.717, 1.165) is 30.7 Å². The summed E-state index contributed by atoms with van der Waals surface area (Å²) >= 11 is 5.82. The molecule has 17 heavy (non-hydrogen) atoms. The number of rotatable bonds is 8. The van der Waals surface area contributed by atoms with Crippen LogP contribution in [0.3, 0.4) is 0 Å². The SMILES string of the molecule is CCCOCCOc1cc(CCl)cc(CC)n1. The summed E-state index contributed by atoms with van der Waals surface area (Å²) in [5.74, 6) is 1.12. The van der Waals surface area contributed by atoms with Crippen molar-refractivity contribution >= 4 is 11.6 Å². The summed E-state index contributed by atoms with van der Waals surface area (Å²) < 4.78 is 10.9. The Bertz CT molecular complexity index is 309. The van der Waals surface area contributed by atoms with Crippen molar-refractivity contribution in [3.05, 3.63) is 23.4 Å². The van der Waals surface area contributed by atoms with Crippen molar-refractivity contribution in [1.82, 2.24) is 4.98 Å². The Hall–Kier alpha value is -0.800. The summed E-state index contributed by atoms with van der Waals surface area (Å²) in [5.41, 5.74) is 2.05. The predicted molar refractivity (Wildman–Crippen MR) is 69.8 cm³/mol. The standard InChI is InChI=1S/C13H20ClNO2/c1-3-5-16-6-7-17-13-9-11(10-14)8-12(4-2)15-13/h8-9H,3-7,10H2,1-2H3. The van der Waals surface area contributed by atoms with Crippen LogP contribution in [-0.4, -0.2) is 24.8 Å². The molecule has 0 saturated heterocycles. The summed E-state index contributed by atoms with van der Waals surface area (Å²) in [5, 5.41) is 0.